The summed E-state index contributed by atoms with van der Waals surface area (Å²) in [5, 5.41) is 6.63. The van der Waals surface area contributed by atoms with Gasteiger partial charge in [0.15, 0.2) is 5.82 Å². The molecule has 0 aliphatic rings. The quantitative estimate of drug-likeness (QED) is 0.717. The molecule has 1 atom stereocenters. The number of rotatable bonds is 3. The summed E-state index contributed by atoms with van der Waals surface area (Å²) in [5.41, 5.74) is 6.35. The SMILES string of the molecule is N[C@H](c1ccc(F)cc1)c1nc(-c2ccc(C(F)(F)F)cc2)n[nH]1. The largest absolute Gasteiger partial charge is 0.416 e. The lowest BCUT2D eigenvalue weighted by Gasteiger charge is -2.08. The van der Waals surface area contributed by atoms with Crippen LogP contribution in [-0.2, 0) is 6.18 Å². The van der Waals surface area contributed by atoms with Gasteiger partial charge in [-0.2, -0.15) is 18.3 Å². The molecule has 0 radical (unpaired) electrons. The maximum absolute atomic E-state index is 12.9. The standard InChI is InChI=1S/C16H12F4N4/c17-12-7-3-9(4-8-12)13(21)15-22-14(23-24-15)10-1-5-11(6-2-10)16(18,19)20/h1-8,13H,21H2,(H,22,23,24)/t13-/m1/s1. The van der Waals surface area contributed by atoms with Gasteiger partial charge in [-0.1, -0.05) is 24.3 Å². The van der Waals surface area contributed by atoms with Gasteiger partial charge in [-0.05, 0) is 29.8 Å². The Hall–Kier alpha value is -2.74. The zero-order valence-corrected chi connectivity index (χ0v) is 12.2. The maximum atomic E-state index is 12.9. The molecule has 24 heavy (non-hydrogen) atoms. The van der Waals surface area contributed by atoms with Crippen molar-refractivity contribution >= 4 is 0 Å². The molecule has 8 heteroatoms. The van der Waals surface area contributed by atoms with Gasteiger partial charge in [-0.25, -0.2) is 9.37 Å². The molecule has 1 aromatic heterocycles. The average molecular weight is 336 g/mol. The lowest BCUT2D eigenvalue weighted by molar-refractivity contribution is -0.137. The topological polar surface area (TPSA) is 67.6 Å². The molecule has 1 heterocycles. The number of hydrogen-bond acceptors (Lipinski definition) is 3. The maximum Gasteiger partial charge on any atom is 0.416 e. The van der Waals surface area contributed by atoms with E-state index in [-0.39, 0.29) is 11.6 Å². The van der Waals surface area contributed by atoms with E-state index in [9.17, 15) is 17.6 Å². The molecule has 0 aliphatic heterocycles. The van der Waals surface area contributed by atoms with Crippen molar-refractivity contribution in [2.45, 2.75) is 12.2 Å². The summed E-state index contributed by atoms with van der Waals surface area (Å²) in [4.78, 5) is 4.20. The normalized spacial score (nSPS) is 13.0. The van der Waals surface area contributed by atoms with Crippen molar-refractivity contribution in [3.8, 4) is 11.4 Å². The zero-order valence-electron chi connectivity index (χ0n) is 12.2. The Morgan fingerprint density at radius 1 is 0.958 bits per heavy atom. The molecule has 0 bridgehead atoms. The number of aromatic amines is 1. The van der Waals surface area contributed by atoms with Crippen molar-refractivity contribution < 1.29 is 17.6 Å². The summed E-state index contributed by atoms with van der Waals surface area (Å²) in [5.74, 6) is 0.182. The van der Waals surface area contributed by atoms with Crippen molar-refractivity contribution in [2.75, 3.05) is 0 Å². The average Bonchev–Trinajstić information content (AvgIpc) is 3.04. The molecular weight excluding hydrogens is 324 g/mol. The van der Waals surface area contributed by atoms with Crippen molar-refractivity contribution in [3.63, 3.8) is 0 Å². The number of aromatic nitrogens is 3. The Balaban J connectivity index is 1.83. The highest BCUT2D eigenvalue weighted by Crippen LogP contribution is 2.30. The minimum Gasteiger partial charge on any atom is -0.318 e. The molecular formula is C16H12F4N4. The Labute approximate surface area is 134 Å². The van der Waals surface area contributed by atoms with Gasteiger partial charge < -0.3 is 5.73 Å². The number of alkyl halides is 3. The van der Waals surface area contributed by atoms with Gasteiger partial charge in [0, 0.05) is 5.56 Å². The number of hydrogen-bond donors (Lipinski definition) is 2. The van der Waals surface area contributed by atoms with Crippen LogP contribution in [0.4, 0.5) is 17.6 Å². The summed E-state index contributed by atoms with van der Waals surface area (Å²) in [6.07, 6.45) is -4.40. The smallest absolute Gasteiger partial charge is 0.318 e. The van der Waals surface area contributed by atoms with Crippen LogP contribution in [0.5, 0.6) is 0 Å². The predicted octanol–water partition coefficient (Wildman–Crippen LogP) is 3.68. The summed E-state index contributed by atoms with van der Waals surface area (Å²) < 4.78 is 50.6. The molecule has 0 saturated carbocycles. The van der Waals surface area contributed by atoms with Crippen molar-refractivity contribution in [1.29, 1.82) is 0 Å². The Bertz CT molecular complexity index is 823. The third-order valence-corrected chi connectivity index (χ3v) is 3.50. The van der Waals surface area contributed by atoms with Crippen LogP contribution in [0.1, 0.15) is 23.0 Å². The van der Waals surface area contributed by atoms with E-state index in [2.05, 4.69) is 15.2 Å². The molecule has 124 valence electrons. The predicted molar refractivity (Wildman–Crippen MR) is 79.3 cm³/mol. The number of H-pyrrole nitrogens is 1. The van der Waals surface area contributed by atoms with Gasteiger partial charge in [-0.3, -0.25) is 5.10 Å². The summed E-state index contributed by atoms with van der Waals surface area (Å²) in [6, 6.07) is 9.47. The highest BCUT2D eigenvalue weighted by Gasteiger charge is 2.30. The van der Waals surface area contributed by atoms with Crippen LogP contribution in [0.3, 0.4) is 0 Å². The molecule has 0 fully saturated rings. The fourth-order valence-corrected chi connectivity index (χ4v) is 2.18. The van der Waals surface area contributed by atoms with Crippen molar-refractivity contribution in [1.82, 2.24) is 15.2 Å². The number of nitrogens with one attached hydrogen (secondary N) is 1. The lowest BCUT2D eigenvalue weighted by atomic mass is 10.1. The van der Waals surface area contributed by atoms with E-state index in [1.165, 1.54) is 36.4 Å². The first kappa shape index (κ1) is 16.1. The minimum absolute atomic E-state index is 0.233. The third-order valence-electron chi connectivity index (χ3n) is 3.50. The first-order valence-electron chi connectivity index (χ1n) is 6.95. The Morgan fingerprint density at radius 3 is 2.17 bits per heavy atom. The van der Waals surface area contributed by atoms with E-state index in [0.29, 0.717) is 17.0 Å². The first-order valence-corrected chi connectivity index (χ1v) is 6.95. The van der Waals surface area contributed by atoms with E-state index < -0.39 is 17.8 Å². The zero-order chi connectivity index (χ0) is 17.3. The van der Waals surface area contributed by atoms with E-state index in [1.54, 1.807) is 0 Å². The molecule has 0 amide bonds. The second-order valence-electron chi connectivity index (χ2n) is 5.15. The fraction of sp³-hybridized carbons (Fsp3) is 0.125. The van der Waals surface area contributed by atoms with Gasteiger partial charge in [-0.15, -0.1) is 0 Å². The van der Waals surface area contributed by atoms with Crippen LogP contribution in [0.2, 0.25) is 0 Å². The van der Waals surface area contributed by atoms with E-state index in [1.807, 2.05) is 0 Å². The monoisotopic (exact) mass is 336 g/mol. The van der Waals surface area contributed by atoms with E-state index in [0.717, 1.165) is 12.1 Å². The van der Waals surface area contributed by atoms with Gasteiger partial charge in [0.2, 0.25) is 0 Å². The van der Waals surface area contributed by atoms with Crippen LogP contribution in [0, 0.1) is 5.82 Å². The summed E-state index contributed by atoms with van der Waals surface area (Å²) in [6.45, 7) is 0. The van der Waals surface area contributed by atoms with Gasteiger partial charge >= 0.3 is 6.18 Å². The lowest BCUT2D eigenvalue weighted by Crippen LogP contribution is -2.13. The molecule has 0 saturated heterocycles. The van der Waals surface area contributed by atoms with Crippen molar-refractivity contribution in [2.24, 2.45) is 5.73 Å². The molecule has 3 rings (SSSR count). The van der Waals surface area contributed by atoms with Crippen LogP contribution >= 0.6 is 0 Å². The van der Waals surface area contributed by atoms with Gasteiger partial charge in [0.1, 0.15) is 11.6 Å². The number of halogens is 4. The summed E-state index contributed by atoms with van der Waals surface area (Å²) >= 11 is 0. The van der Waals surface area contributed by atoms with Gasteiger partial charge in [0.05, 0.1) is 11.6 Å². The second kappa shape index (κ2) is 6.04. The molecule has 0 aliphatic carbocycles. The fourth-order valence-electron chi connectivity index (χ4n) is 2.18. The second-order valence-corrected chi connectivity index (χ2v) is 5.15. The van der Waals surface area contributed by atoms with Crippen molar-refractivity contribution in [3.05, 3.63) is 71.3 Å². The highest BCUT2D eigenvalue weighted by molar-refractivity contribution is 5.55. The molecule has 2 aromatic carbocycles. The molecule has 3 aromatic rings. The summed E-state index contributed by atoms with van der Waals surface area (Å²) in [7, 11) is 0. The molecule has 3 N–H and O–H groups in total. The van der Waals surface area contributed by atoms with Crippen LogP contribution in [0.25, 0.3) is 11.4 Å². The minimum atomic E-state index is -4.40. The third kappa shape index (κ3) is 3.28. The highest BCUT2D eigenvalue weighted by atomic mass is 19.4. The molecule has 4 nitrogen and oxygen atoms in total. The van der Waals surface area contributed by atoms with Crippen LogP contribution in [-0.4, -0.2) is 15.2 Å². The van der Waals surface area contributed by atoms with Crippen LogP contribution in [0.15, 0.2) is 48.5 Å². The number of nitrogens with zero attached hydrogens (tertiary/aromatic N) is 2. The first-order chi connectivity index (χ1) is 11.3. The van der Waals surface area contributed by atoms with Crippen LogP contribution < -0.4 is 5.73 Å². The van der Waals surface area contributed by atoms with E-state index in [4.69, 9.17) is 5.73 Å². The Kier molecular flexibility index (Phi) is 4.06. The Morgan fingerprint density at radius 2 is 1.58 bits per heavy atom. The van der Waals surface area contributed by atoms with Gasteiger partial charge in [0.25, 0.3) is 0 Å². The molecule has 0 spiro atoms. The number of nitrogens with two attached hydrogens (primary N) is 1. The van der Waals surface area contributed by atoms with E-state index >= 15 is 0 Å². The number of benzene rings is 2. The molecule has 0 unspecified atom stereocenters.